The average molecular weight is 305 g/mol. The van der Waals surface area contributed by atoms with Crippen LogP contribution in [0.2, 0.25) is 0 Å². The number of amides is 1. The maximum atomic E-state index is 13.3. The third kappa shape index (κ3) is 4.69. The van der Waals surface area contributed by atoms with Crippen LogP contribution in [-0.4, -0.2) is 11.6 Å². The minimum absolute atomic E-state index is 0.204. The van der Waals surface area contributed by atoms with E-state index in [4.69, 9.17) is 11.1 Å². The standard InChI is InChI=1S/C17H24FN3O/c1-10(2)9-11(3)13-7-5-6-8-14(13)21-17(22)15(12(4)19)16(18)20/h5-8,10-11,19H,9,20H2,1-4H3,(H,21,22)/b16-15+,19-12?. The number of hydrogen-bond donors (Lipinski definition) is 3. The van der Waals surface area contributed by atoms with Crippen LogP contribution in [-0.2, 0) is 4.79 Å². The highest BCUT2D eigenvalue weighted by atomic mass is 19.1. The van der Waals surface area contributed by atoms with Crippen molar-refractivity contribution in [3.05, 3.63) is 41.4 Å². The van der Waals surface area contributed by atoms with Gasteiger partial charge in [0, 0.05) is 11.4 Å². The van der Waals surface area contributed by atoms with Crippen LogP contribution >= 0.6 is 0 Å². The predicted octanol–water partition coefficient (Wildman–Crippen LogP) is 3.95. The molecule has 1 rings (SSSR count). The highest BCUT2D eigenvalue weighted by Gasteiger charge is 2.19. The molecule has 0 fully saturated rings. The summed E-state index contributed by atoms with van der Waals surface area (Å²) >= 11 is 0. The highest BCUT2D eigenvalue weighted by Crippen LogP contribution is 2.29. The maximum absolute atomic E-state index is 13.3. The summed E-state index contributed by atoms with van der Waals surface area (Å²) in [4.78, 5) is 12.2. The Labute approximate surface area is 131 Å². The highest BCUT2D eigenvalue weighted by molar-refractivity contribution is 6.24. The molecule has 5 heteroatoms. The number of carbonyl (C=O) groups is 1. The van der Waals surface area contributed by atoms with E-state index in [1.54, 1.807) is 12.1 Å². The van der Waals surface area contributed by atoms with Gasteiger partial charge in [-0.2, -0.15) is 4.39 Å². The van der Waals surface area contributed by atoms with Crippen LogP contribution in [0.3, 0.4) is 0 Å². The molecule has 1 amide bonds. The number of carbonyl (C=O) groups excluding carboxylic acids is 1. The van der Waals surface area contributed by atoms with Crippen molar-refractivity contribution >= 4 is 17.3 Å². The summed E-state index contributed by atoms with van der Waals surface area (Å²) in [5.74, 6) is -1.05. The second-order valence-corrected chi connectivity index (χ2v) is 5.92. The smallest absolute Gasteiger partial charge is 0.262 e. The summed E-state index contributed by atoms with van der Waals surface area (Å²) in [5, 5.41) is 10.1. The summed E-state index contributed by atoms with van der Waals surface area (Å²) in [7, 11) is 0. The zero-order valence-corrected chi connectivity index (χ0v) is 13.5. The molecule has 1 unspecified atom stereocenters. The van der Waals surface area contributed by atoms with Gasteiger partial charge in [-0.15, -0.1) is 0 Å². The molecule has 120 valence electrons. The minimum atomic E-state index is -1.14. The number of rotatable bonds is 6. The molecule has 4 N–H and O–H groups in total. The van der Waals surface area contributed by atoms with Crippen LogP contribution in [0, 0.1) is 11.3 Å². The average Bonchev–Trinajstić information content (AvgIpc) is 2.37. The molecule has 0 saturated carbocycles. The van der Waals surface area contributed by atoms with Crippen molar-refractivity contribution in [1.82, 2.24) is 0 Å². The van der Waals surface area contributed by atoms with Gasteiger partial charge in [-0.3, -0.25) is 4.79 Å². The number of nitrogens with one attached hydrogen (secondary N) is 2. The topological polar surface area (TPSA) is 79.0 Å². The van der Waals surface area contributed by atoms with E-state index >= 15 is 0 Å². The van der Waals surface area contributed by atoms with Crippen LogP contribution in [0.15, 0.2) is 35.8 Å². The van der Waals surface area contributed by atoms with E-state index < -0.39 is 17.4 Å². The van der Waals surface area contributed by atoms with Crippen molar-refractivity contribution in [1.29, 1.82) is 5.41 Å². The predicted molar refractivity (Wildman–Crippen MR) is 88.7 cm³/mol. The number of halogens is 1. The van der Waals surface area contributed by atoms with Crippen molar-refractivity contribution in [2.75, 3.05) is 5.32 Å². The molecule has 0 spiro atoms. The normalized spacial score (nSPS) is 13.5. The lowest BCUT2D eigenvalue weighted by Gasteiger charge is -2.19. The lowest BCUT2D eigenvalue weighted by atomic mass is 9.91. The Bertz CT molecular complexity index is 589. The Hall–Kier alpha value is -2.17. The summed E-state index contributed by atoms with van der Waals surface area (Å²) in [6, 6.07) is 7.43. The van der Waals surface area contributed by atoms with E-state index in [9.17, 15) is 9.18 Å². The zero-order chi connectivity index (χ0) is 16.9. The van der Waals surface area contributed by atoms with Gasteiger partial charge in [0.1, 0.15) is 5.57 Å². The molecule has 0 aromatic heterocycles. The van der Waals surface area contributed by atoms with Gasteiger partial charge in [0.25, 0.3) is 5.91 Å². The van der Waals surface area contributed by atoms with Gasteiger partial charge < -0.3 is 16.5 Å². The SMILES string of the molecule is CC(=N)/C(C(=O)Nc1ccccc1C(C)CC(C)C)=C(\N)F. The summed E-state index contributed by atoms with van der Waals surface area (Å²) in [6.07, 6.45) is 0.977. The Morgan fingerprint density at radius 2 is 1.91 bits per heavy atom. The van der Waals surface area contributed by atoms with Crippen LogP contribution in [0.1, 0.15) is 45.6 Å². The van der Waals surface area contributed by atoms with Crippen molar-refractivity contribution in [2.24, 2.45) is 11.7 Å². The molecule has 1 atom stereocenters. The Morgan fingerprint density at radius 3 is 2.41 bits per heavy atom. The third-order valence-corrected chi connectivity index (χ3v) is 3.41. The monoisotopic (exact) mass is 305 g/mol. The summed E-state index contributed by atoms with van der Waals surface area (Å²) < 4.78 is 13.3. The minimum Gasteiger partial charge on any atom is -0.375 e. The molecule has 4 nitrogen and oxygen atoms in total. The number of anilines is 1. The van der Waals surface area contributed by atoms with Crippen LogP contribution in [0.4, 0.5) is 10.1 Å². The zero-order valence-electron chi connectivity index (χ0n) is 13.5. The fraction of sp³-hybridized carbons (Fsp3) is 0.412. The first-order chi connectivity index (χ1) is 10.2. The van der Waals surface area contributed by atoms with E-state index in [0.717, 1.165) is 12.0 Å². The number of benzene rings is 1. The first-order valence-electron chi connectivity index (χ1n) is 7.35. The molecule has 22 heavy (non-hydrogen) atoms. The lowest BCUT2D eigenvalue weighted by molar-refractivity contribution is -0.112. The second-order valence-electron chi connectivity index (χ2n) is 5.92. The molecule has 0 saturated heterocycles. The van der Waals surface area contributed by atoms with Gasteiger partial charge in [-0.1, -0.05) is 39.0 Å². The van der Waals surface area contributed by atoms with E-state index in [2.05, 4.69) is 26.1 Å². The third-order valence-electron chi connectivity index (χ3n) is 3.41. The summed E-state index contributed by atoms with van der Waals surface area (Å²) in [6.45, 7) is 7.70. The Balaban J connectivity index is 3.07. The Morgan fingerprint density at radius 1 is 1.32 bits per heavy atom. The number of hydrogen-bond acceptors (Lipinski definition) is 3. The molecule has 0 aliphatic carbocycles. The van der Waals surface area contributed by atoms with Gasteiger partial charge in [0.05, 0.1) is 0 Å². The molecule has 1 aromatic carbocycles. The largest absolute Gasteiger partial charge is 0.375 e. The molecular formula is C17H24FN3O. The molecule has 0 radical (unpaired) electrons. The quantitative estimate of drug-likeness (QED) is 0.422. The molecule has 0 aliphatic rings. The fourth-order valence-corrected chi connectivity index (χ4v) is 2.52. The first kappa shape index (κ1) is 17.9. The fourth-order valence-electron chi connectivity index (χ4n) is 2.52. The van der Waals surface area contributed by atoms with Crippen LogP contribution < -0.4 is 11.1 Å². The van der Waals surface area contributed by atoms with E-state index in [1.165, 1.54) is 6.92 Å². The van der Waals surface area contributed by atoms with Crippen molar-refractivity contribution < 1.29 is 9.18 Å². The number of nitrogens with two attached hydrogens (primary N) is 1. The molecule has 0 aliphatic heterocycles. The lowest BCUT2D eigenvalue weighted by Crippen LogP contribution is -2.22. The van der Waals surface area contributed by atoms with Crippen LogP contribution in [0.25, 0.3) is 0 Å². The van der Waals surface area contributed by atoms with E-state index in [-0.39, 0.29) is 11.6 Å². The molecule has 0 heterocycles. The number of para-hydroxylation sites is 1. The summed E-state index contributed by atoms with van der Waals surface area (Å²) in [5.41, 5.74) is 6.05. The van der Waals surface area contributed by atoms with Gasteiger partial charge in [0.15, 0.2) is 5.95 Å². The van der Waals surface area contributed by atoms with Gasteiger partial charge in [-0.25, -0.2) is 0 Å². The Kier molecular flexibility index (Phi) is 6.28. The second kappa shape index (κ2) is 7.73. The van der Waals surface area contributed by atoms with Crippen LogP contribution in [0.5, 0.6) is 0 Å². The van der Waals surface area contributed by atoms with Gasteiger partial charge in [-0.05, 0) is 36.8 Å². The van der Waals surface area contributed by atoms with Crippen molar-refractivity contribution in [3.63, 3.8) is 0 Å². The van der Waals surface area contributed by atoms with Crippen molar-refractivity contribution in [2.45, 2.75) is 40.0 Å². The van der Waals surface area contributed by atoms with Gasteiger partial charge in [0.2, 0.25) is 0 Å². The van der Waals surface area contributed by atoms with Crippen molar-refractivity contribution in [3.8, 4) is 0 Å². The van der Waals surface area contributed by atoms with Gasteiger partial charge >= 0.3 is 0 Å². The van der Waals surface area contributed by atoms with E-state index in [1.807, 2.05) is 12.1 Å². The first-order valence-corrected chi connectivity index (χ1v) is 7.35. The maximum Gasteiger partial charge on any atom is 0.262 e. The van der Waals surface area contributed by atoms with E-state index in [0.29, 0.717) is 11.6 Å². The molecule has 1 aromatic rings. The molecular weight excluding hydrogens is 281 g/mol. The molecule has 0 bridgehead atoms.